The quantitative estimate of drug-likeness (QED) is 0.803. The number of aryl methyl sites for hydroxylation is 1. The third-order valence-electron chi connectivity index (χ3n) is 2.55. The second kappa shape index (κ2) is 6.61. The summed E-state index contributed by atoms with van der Waals surface area (Å²) in [7, 11) is 0. The average Bonchev–Trinajstić information content (AvgIpc) is 2.25. The number of hydrogen-bond acceptors (Lipinski definition) is 2. The van der Waals surface area contributed by atoms with Crippen molar-refractivity contribution >= 4 is 0 Å². The van der Waals surface area contributed by atoms with Gasteiger partial charge >= 0.3 is 0 Å². The van der Waals surface area contributed by atoms with Crippen LogP contribution in [-0.4, -0.2) is 19.8 Å². The Morgan fingerprint density at radius 1 is 1.38 bits per heavy atom. The minimum absolute atomic E-state index is 0.144. The second-order valence-corrected chi connectivity index (χ2v) is 3.77. The summed E-state index contributed by atoms with van der Waals surface area (Å²) in [6.07, 6.45) is 0. The fourth-order valence-corrected chi connectivity index (χ4v) is 1.77. The van der Waals surface area contributed by atoms with Crippen LogP contribution in [0.1, 0.15) is 31.0 Å². The zero-order valence-corrected chi connectivity index (χ0v) is 10.2. The molecule has 0 spiro atoms. The van der Waals surface area contributed by atoms with E-state index < -0.39 is 0 Å². The predicted octanol–water partition coefficient (Wildman–Crippen LogP) is 2.82. The minimum atomic E-state index is -0.187. The fraction of sp³-hybridized carbons (Fsp3) is 0.538. The fourth-order valence-electron chi connectivity index (χ4n) is 1.77. The highest BCUT2D eigenvalue weighted by molar-refractivity contribution is 5.29. The first-order valence-corrected chi connectivity index (χ1v) is 5.76. The highest BCUT2D eigenvalue weighted by Crippen LogP contribution is 2.19. The monoisotopic (exact) mass is 225 g/mol. The first-order chi connectivity index (χ1) is 7.69. The Hall–Kier alpha value is -0.930. The molecule has 1 aromatic carbocycles. The lowest BCUT2D eigenvalue weighted by atomic mass is 10.0. The molecule has 90 valence electrons. The SMILES string of the molecule is CCNC(COCC)c1ccc(F)cc1C. The van der Waals surface area contributed by atoms with Crippen LogP contribution in [0.3, 0.4) is 0 Å². The van der Waals surface area contributed by atoms with Crippen LogP contribution in [0.15, 0.2) is 18.2 Å². The number of nitrogens with one attached hydrogen (secondary N) is 1. The van der Waals surface area contributed by atoms with Crippen molar-refractivity contribution in [1.29, 1.82) is 0 Å². The van der Waals surface area contributed by atoms with Gasteiger partial charge in [0, 0.05) is 6.61 Å². The van der Waals surface area contributed by atoms with Crippen LogP contribution in [-0.2, 0) is 4.74 Å². The summed E-state index contributed by atoms with van der Waals surface area (Å²) >= 11 is 0. The lowest BCUT2D eigenvalue weighted by Gasteiger charge is -2.20. The van der Waals surface area contributed by atoms with Gasteiger partial charge in [0.25, 0.3) is 0 Å². The Balaban J connectivity index is 2.82. The molecule has 3 heteroatoms. The van der Waals surface area contributed by atoms with E-state index in [0.717, 1.165) is 17.7 Å². The summed E-state index contributed by atoms with van der Waals surface area (Å²) in [4.78, 5) is 0. The number of hydrogen-bond donors (Lipinski definition) is 1. The molecule has 0 aliphatic heterocycles. The summed E-state index contributed by atoms with van der Waals surface area (Å²) in [6, 6.07) is 5.03. The van der Waals surface area contributed by atoms with Gasteiger partial charge in [-0.25, -0.2) is 4.39 Å². The number of benzene rings is 1. The van der Waals surface area contributed by atoms with Gasteiger partial charge in [-0.15, -0.1) is 0 Å². The van der Waals surface area contributed by atoms with Crippen LogP contribution in [0.2, 0.25) is 0 Å². The number of rotatable bonds is 6. The summed E-state index contributed by atoms with van der Waals surface area (Å²) in [5, 5.41) is 3.35. The van der Waals surface area contributed by atoms with Gasteiger partial charge < -0.3 is 10.1 Å². The van der Waals surface area contributed by atoms with E-state index in [1.807, 2.05) is 19.9 Å². The van der Waals surface area contributed by atoms with Gasteiger partial charge in [-0.05, 0) is 43.7 Å². The topological polar surface area (TPSA) is 21.3 Å². The molecule has 0 aromatic heterocycles. The molecule has 1 unspecified atom stereocenters. The summed E-state index contributed by atoms with van der Waals surface area (Å²) in [5.74, 6) is -0.187. The van der Waals surface area contributed by atoms with Crippen molar-refractivity contribution in [3.05, 3.63) is 35.1 Å². The molecule has 0 saturated heterocycles. The van der Waals surface area contributed by atoms with Crippen molar-refractivity contribution in [3.8, 4) is 0 Å². The van der Waals surface area contributed by atoms with Crippen LogP contribution >= 0.6 is 0 Å². The Morgan fingerprint density at radius 3 is 2.69 bits per heavy atom. The molecule has 0 aliphatic rings. The van der Waals surface area contributed by atoms with Gasteiger partial charge in [0.2, 0.25) is 0 Å². The second-order valence-electron chi connectivity index (χ2n) is 3.77. The van der Waals surface area contributed by atoms with E-state index in [4.69, 9.17) is 4.74 Å². The third kappa shape index (κ3) is 3.58. The predicted molar refractivity (Wildman–Crippen MR) is 64.0 cm³/mol. The van der Waals surface area contributed by atoms with Crippen molar-refractivity contribution in [1.82, 2.24) is 5.32 Å². The van der Waals surface area contributed by atoms with Crippen LogP contribution in [0, 0.1) is 12.7 Å². The molecule has 0 bridgehead atoms. The normalized spacial score (nSPS) is 12.8. The largest absolute Gasteiger partial charge is 0.380 e. The standard InChI is InChI=1S/C13H20FNO/c1-4-15-13(9-16-5-2)12-7-6-11(14)8-10(12)3/h6-8,13,15H,4-5,9H2,1-3H3. The molecule has 2 nitrogen and oxygen atoms in total. The van der Waals surface area contributed by atoms with E-state index in [0.29, 0.717) is 13.2 Å². The van der Waals surface area contributed by atoms with E-state index in [-0.39, 0.29) is 11.9 Å². The van der Waals surface area contributed by atoms with Gasteiger partial charge in [0.1, 0.15) is 5.82 Å². The molecular formula is C13H20FNO. The van der Waals surface area contributed by atoms with E-state index in [1.54, 1.807) is 6.07 Å². The Morgan fingerprint density at radius 2 is 2.12 bits per heavy atom. The minimum Gasteiger partial charge on any atom is -0.380 e. The average molecular weight is 225 g/mol. The maximum absolute atomic E-state index is 13.0. The summed E-state index contributed by atoms with van der Waals surface area (Å²) < 4.78 is 18.4. The molecular weight excluding hydrogens is 205 g/mol. The molecule has 0 radical (unpaired) electrons. The zero-order valence-electron chi connectivity index (χ0n) is 10.2. The van der Waals surface area contributed by atoms with E-state index in [9.17, 15) is 4.39 Å². The molecule has 0 fully saturated rings. The van der Waals surface area contributed by atoms with Gasteiger partial charge in [0.15, 0.2) is 0 Å². The third-order valence-corrected chi connectivity index (χ3v) is 2.55. The highest BCUT2D eigenvalue weighted by Gasteiger charge is 2.12. The maximum Gasteiger partial charge on any atom is 0.123 e. The first-order valence-electron chi connectivity index (χ1n) is 5.76. The van der Waals surface area contributed by atoms with Crippen molar-refractivity contribution in [2.24, 2.45) is 0 Å². The lowest BCUT2D eigenvalue weighted by Crippen LogP contribution is -2.26. The Labute approximate surface area is 96.8 Å². The molecule has 0 amide bonds. The number of likely N-dealkylation sites (N-methyl/N-ethyl adjacent to an activating group) is 1. The zero-order chi connectivity index (χ0) is 12.0. The van der Waals surface area contributed by atoms with Crippen LogP contribution in [0.4, 0.5) is 4.39 Å². The maximum atomic E-state index is 13.0. The van der Waals surface area contributed by atoms with E-state index in [2.05, 4.69) is 12.2 Å². The molecule has 16 heavy (non-hydrogen) atoms. The van der Waals surface area contributed by atoms with Crippen LogP contribution < -0.4 is 5.32 Å². The summed E-state index contributed by atoms with van der Waals surface area (Å²) in [5.41, 5.74) is 2.07. The molecule has 1 atom stereocenters. The van der Waals surface area contributed by atoms with Crippen molar-refractivity contribution in [2.75, 3.05) is 19.8 Å². The van der Waals surface area contributed by atoms with Crippen LogP contribution in [0.25, 0.3) is 0 Å². The Bertz CT molecular complexity index is 328. The number of ether oxygens (including phenoxy) is 1. The molecule has 0 heterocycles. The smallest absolute Gasteiger partial charge is 0.123 e. The highest BCUT2D eigenvalue weighted by atomic mass is 19.1. The first kappa shape index (κ1) is 13.1. The van der Waals surface area contributed by atoms with Gasteiger partial charge in [-0.2, -0.15) is 0 Å². The van der Waals surface area contributed by atoms with Gasteiger partial charge in [-0.1, -0.05) is 13.0 Å². The number of halogens is 1. The van der Waals surface area contributed by atoms with E-state index in [1.165, 1.54) is 6.07 Å². The van der Waals surface area contributed by atoms with Gasteiger partial charge in [-0.3, -0.25) is 0 Å². The molecule has 1 rings (SSSR count). The van der Waals surface area contributed by atoms with E-state index >= 15 is 0 Å². The molecule has 1 aromatic rings. The van der Waals surface area contributed by atoms with Crippen molar-refractivity contribution < 1.29 is 9.13 Å². The lowest BCUT2D eigenvalue weighted by molar-refractivity contribution is 0.123. The molecule has 0 saturated carbocycles. The van der Waals surface area contributed by atoms with Crippen molar-refractivity contribution in [2.45, 2.75) is 26.8 Å². The summed E-state index contributed by atoms with van der Waals surface area (Å²) in [6.45, 7) is 8.14. The van der Waals surface area contributed by atoms with Gasteiger partial charge in [0.05, 0.1) is 12.6 Å². The van der Waals surface area contributed by atoms with Crippen molar-refractivity contribution in [3.63, 3.8) is 0 Å². The molecule has 0 aliphatic carbocycles. The van der Waals surface area contributed by atoms with Crippen LogP contribution in [0.5, 0.6) is 0 Å². The Kier molecular flexibility index (Phi) is 5.43. The molecule has 1 N–H and O–H groups in total.